The Bertz CT molecular complexity index is 1140. The predicted molar refractivity (Wildman–Crippen MR) is 146 cm³/mol. The summed E-state index contributed by atoms with van der Waals surface area (Å²) in [6.45, 7) is 4.12. The summed E-state index contributed by atoms with van der Waals surface area (Å²) in [6, 6.07) is 15.9. The van der Waals surface area contributed by atoms with Crippen molar-refractivity contribution in [3.63, 3.8) is 0 Å². The Morgan fingerprint density at radius 2 is 1.00 bits per heavy atom. The van der Waals surface area contributed by atoms with Gasteiger partial charge >= 0.3 is 0 Å². The molecule has 5 rings (SSSR count). The molecule has 3 N–H and O–H groups in total. The maximum atomic E-state index is 11.0. The molecule has 3 aromatic rings. The molecule has 0 unspecified atom stereocenters. The molecule has 3 aromatic carbocycles. The number of hydrogen-bond acceptors (Lipinski definition) is 3. The zero-order valence-corrected chi connectivity index (χ0v) is 21.8. The number of aromatic hydroxyl groups is 3. The molecule has 0 amide bonds. The summed E-state index contributed by atoms with van der Waals surface area (Å²) in [7, 11) is 0. The summed E-state index contributed by atoms with van der Waals surface area (Å²) in [5, 5.41) is 33.0. The van der Waals surface area contributed by atoms with Gasteiger partial charge in [0.1, 0.15) is 17.2 Å². The minimum absolute atomic E-state index is 0.183. The van der Waals surface area contributed by atoms with Gasteiger partial charge in [-0.25, -0.2) is 0 Å². The van der Waals surface area contributed by atoms with E-state index in [1.54, 1.807) is 6.07 Å². The molecule has 3 nitrogen and oxygen atoms in total. The van der Waals surface area contributed by atoms with Gasteiger partial charge in [-0.1, -0.05) is 68.9 Å². The van der Waals surface area contributed by atoms with Crippen LogP contribution in [0.2, 0.25) is 0 Å². The van der Waals surface area contributed by atoms with Gasteiger partial charge in [0.05, 0.1) is 0 Å². The fourth-order valence-corrected chi connectivity index (χ4v) is 6.79. The lowest BCUT2D eigenvalue weighted by molar-refractivity contribution is 0.413. The molecule has 2 aliphatic rings. The van der Waals surface area contributed by atoms with Crippen molar-refractivity contribution >= 4 is 0 Å². The lowest BCUT2D eigenvalue weighted by Crippen LogP contribution is -2.12. The number of benzene rings is 3. The molecule has 0 aliphatic heterocycles. The fraction of sp³-hybridized carbons (Fsp3) is 0.455. The van der Waals surface area contributed by atoms with Crippen LogP contribution in [0.15, 0.2) is 48.5 Å². The number of hydrogen-bond donors (Lipinski definition) is 3. The Balaban J connectivity index is 1.69. The van der Waals surface area contributed by atoms with Gasteiger partial charge in [0.2, 0.25) is 0 Å². The smallest absolute Gasteiger partial charge is 0.119 e. The first-order valence-electron chi connectivity index (χ1n) is 13.9. The van der Waals surface area contributed by atoms with Gasteiger partial charge in [0.25, 0.3) is 0 Å². The second-order valence-electron chi connectivity index (χ2n) is 11.2. The van der Waals surface area contributed by atoms with E-state index in [4.69, 9.17) is 0 Å². The molecule has 0 aromatic heterocycles. The van der Waals surface area contributed by atoms with Crippen LogP contribution in [-0.4, -0.2) is 15.3 Å². The molecular weight excluding hydrogens is 444 g/mol. The highest BCUT2D eigenvalue weighted by Gasteiger charge is 2.29. The van der Waals surface area contributed by atoms with Crippen molar-refractivity contribution in [2.45, 2.75) is 95.8 Å². The third-order valence-electron chi connectivity index (χ3n) is 8.79. The fourth-order valence-electron chi connectivity index (χ4n) is 6.79. The largest absolute Gasteiger partial charge is 0.508 e. The first kappa shape index (κ1) is 24.7. The lowest BCUT2D eigenvalue weighted by Gasteiger charge is -2.29. The van der Waals surface area contributed by atoms with Crippen LogP contribution >= 0.6 is 0 Å². The highest BCUT2D eigenvalue weighted by molar-refractivity contribution is 5.57. The van der Waals surface area contributed by atoms with E-state index in [0.29, 0.717) is 23.3 Å². The van der Waals surface area contributed by atoms with Crippen LogP contribution in [-0.2, 0) is 0 Å². The SMILES string of the molecule is Cc1cc(O)c(C2CCCCC2)cc1C(c1cc(C2CCCCC2)c(O)cc1C)c1ccccc1O. The second-order valence-corrected chi connectivity index (χ2v) is 11.2. The summed E-state index contributed by atoms with van der Waals surface area (Å²) in [5.41, 5.74) is 7.24. The maximum Gasteiger partial charge on any atom is 0.119 e. The van der Waals surface area contributed by atoms with Crippen molar-refractivity contribution in [3.05, 3.63) is 87.5 Å². The molecule has 0 bridgehead atoms. The first-order chi connectivity index (χ1) is 17.4. The highest BCUT2D eigenvalue weighted by atomic mass is 16.3. The van der Waals surface area contributed by atoms with Crippen molar-refractivity contribution in [2.75, 3.05) is 0 Å². The Kier molecular flexibility index (Phi) is 7.27. The van der Waals surface area contributed by atoms with Crippen molar-refractivity contribution in [1.29, 1.82) is 0 Å². The van der Waals surface area contributed by atoms with Crippen LogP contribution in [0, 0.1) is 13.8 Å². The standard InChI is InChI=1S/C33H40O3/c1-21-17-31(35)28(23-11-5-3-6-12-23)19-26(21)33(25-15-9-10-16-30(25)34)27-20-29(32(36)18-22(27)2)24-13-7-4-8-14-24/h9-10,15-20,23-24,33-36H,3-8,11-14H2,1-2H3. The number of phenolic OH excluding ortho intramolecular Hbond substituents is 3. The van der Waals surface area contributed by atoms with Gasteiger partial charge in [0, 0.05) is 11.5 Å². The Morgan fingerprint density at radius 3 is 1.44 bits per heavy atom. The Morgan fingerprint density at radius 1 is 0.556 bits per heavy atom. The average molecular weight is 485 g/mol. The highest BCUT2D eigenvalue weighted by Crippen LogP contribution is 2.46. The Hall–Kier alpha value is -2.94. The van der Waals surface area contributed by atoms with E-state index in [-0.39, 0.29) is 11.7 Å². The molecule has 0 heterocycles. The quantitative estimate of drug-likeness (QED) is 0.317. The molecule has 0 spiro atoms. The van der Waals surface area contributed by atoms with Gasteiger partial charge in [-0.05, 0) is 103 Å². The third-order valence-corrected chi connectivity index (χ3v) is 8.79. The van der Waals surface area contributed by atoms with Gasteiger partial charge in [0.15, 0.2) is 0 Å². The van der Waals surface area contributed by atoms with E-state index in [1.165, 1.54) is 38.5 Å². The summed E-state index contributed by atoms with van der Waals surface area (Å²) >= 11 is 0. The van der Waals surface area contributed by atoms with Crippen LogP contribution in [0.4, 0.5) is 0 Å². The van der Waals surface area contributed by atoms with Crippen molar-refractivity contribution in [1.82, 2.24) is 0 Å². The van der Waals surface area contributed by atoms with Crippen LogP contribution < -0.4 is 0 Å². The van der Waals surface area contributed by atoms with Gasteiger partial charge in [-0.15, -0.1) is 0 Å². The average Bonchev–Trinajstić information content (AvgIpc) is 2.88. The van der Waals surface area contributed by atoms with Crippen LogP contribution in [0.5, 0.6) is 17.2 Å². The summed E-state index contributed by atoms with van der Waals surface area (Å²) in [5.74, 6) is 1.63. The third kappa shape index (κ3) is 4.85. The molecule has 2 saturated carbocycles. The van der Waals surface area contributed by atoms with Gasteiger partial charge in [-0.2, -0.15) is 0 Å². The van der Waals surface area contributed by atoms with E-state index in [1.807, 2.05) is 30.3 Å². The van der Waals surface area contributed by atoms with E-state index in [0.717, 1.165) is 64.6 Å². The van der Waals surface area contributed by atoms with Crippen LogP contribution in [0.3, 0.4) is 0 Å². The molecule has 2 fully saturated rings. The van der Waals surface area contributed by atoms with Crippen molar-refractivity contribution in [3.8, 4) is 17.2 Å². The molecule has 3 heteroatoms. The van der Waals surface area contributed by atoms with Crippen LogP contribution in [0.25, 0.3) is 0 Å². The Labute approximate surface area is 215 Å². The first-order valence-corrected chi connectivity index (χ1v) is 13.9. The normalized spacial score (nSPS) is 17.5. The molecule has 0 atom stereocenters. The molecule has 0 radical (unpaired) electrons. The summed E-state index contributed by atoms with van der Waals surface area (Å²) < 4.78 is 0. The number of phenols is 3. The zero-order valence-electron chi connectivity index (χ0n) is 21.8. The van der Waals surface area contributed by atoms with E-state index in [9.17, 15) is 15.3 Å². The maximum absolute atomic E-state index is 11.0. The van der Waals surface area contributed by atoms with Crippen LogP contribution in [0.1, 0.15) is 121 Å². The second kappa shape index (κ2) is 10.6. The van der Waals surface area contributed by atoms with E-state index in [2.05, 4.69) is 26.0 Å². The molecule has 190 valence electrons. The molecule has 0 saturated heterocycles. The number of rotatable bonds is 5. The lowest BCUT2D eigenvalue weighted by atomic mass is 9.75. The summed E-state index contributed by atoms with van der Waals surface area (Å²) in [4.78, 5) is 0. The topological polar surface area (TPSA) is 60.7 Å². The molecule has 36 heavy (non-hydrogen) atoms. The number of aryl methyl sites for hydroxylation is 2. The molecule has 2 aliphatic carbocycles. The van der Waals surface area contributed by atoms with Crippen molar-refractivity contribution in [2.24, 2.45) is 0 Å². The van der Waals surface area contributed by atoms with E-state index >= 15 is 0 Å². The number of para-hydroxylation sites is 1. The monoisotopic (exact) mass is 484 g/mol. The van der Waals surface area contributed by atoms with Crippen molar-refractivity contribution < 1.29 is 15.3 Å². The van der Waals surface area contributed by atoms with Gasteiger partial charge in [-0.3, -0.25) is 0 Å². The predicted octanol–water partition coefficient (Wildman–Crippen LogP) is 8.70. The minimum Gasteiger partial charge on any atom is -0.508 e. The van der Waals surface area contributed by atoms with Gasteiger partial charge < -0.3 is 15.3 Å². The summed E-state index contributed by atoms with van der Waals surface area (Å²) in [6.07, 6.45) is 11.8. The molecular formula is C33H40O3. The minimum atomic E-state index is -0.183. The zero-order chi connectivity index (χ0) is 25.2. The van der Waals surface area contributed by atoms with E-state index < -0.39 is 0 Å².